The molecule has 0 saturated heterocycles. The van der Waals surface area contributed by atoms with Gasteiger partial charge in [-0.1, -0.05) is 18.6 Å². The van der Waals surface area contributed by atoms with Gasteiger partial charge < -0.3 is 30.1 Å². The molecular weight excluding hydrogens is 733 g/mol. The maximum atomic E-state index is 14.3. The first-order valence-electron chi connectivity index (χ1n) is 18.6. The third kappa shape index (κ3) is 7.28. The molecule has 7 rings (SSSR count). The highest BCUT2D eigenvalue weighted by atomic mass is 16.5. The molecule has 18 nitrogen and oxygen atoms in total. The zero-order valence-electron chi connectivity index (χ0n) is 32.4. The summed E-state index contributed by atoms with van der Waals surface area (Å²) in [6.45, 7) is 6.99. The largest absolute Gasteiger partial charge is 0.494 e. The first-order valence-corrected chi connectivity index (χ1v) is 18.6. The van der Waals surface area contributed by atoms with E-state index in [0.717, 1.165) is 30.5 Å². The molecule has 0 atom stereocenters. The van der Waals surface area contributed by atoms with Crippen LogP contribution in [0.3, 0.4) is 0 Å². The average Bonchev–Trinajstić information content (AvgIpc) is 3.92. The molecule has 1 aliphatic heterocycles. The number of nitrogens with zero attached hydrogens (tertiary/aromatic N) is 8. The summed E-state index contributed by atoms with van der Waals surface area (Å²) < 4.78 is 18.3. The monoisotopic (exact) mass is 776 g/mol. The summed E-state index contributed by atoms with van der Waals surface area (Å²) >= 11 is 0. The highest BCUT2D eigenvalue weighted by Crippen LogP contribution is 2.33. The molecule has 5 heterocycles. The standard InChI is InChI=1S/C39H44N12O6/c1-6-50-31-25(22(3)47-50)12-8-7-9-15-51-28(16-21(2)46-51)36(54)44-38-42-26-17-23(34(40)52)19-29(56-4)32(26)48(38)13-10-11-14-49-33-27(43-39(49)45-37(31)55)18-24(35(41)53)20-30(33)57-5/h10-11,16-20H,6-9,12-15H2,1-5H3,(H2,40,52)(H2,41,53)(H,42,44,54)(H,43,45,55)/b11-10+. The van der Waals surface area contributed by atoms with Crippen molar-refractivity contribution in [3.8, 4) is 11.5 Å². The number of hydrogen-bond acceptors (Lipinski definition) is 10. The van der Waals surface area contributed by atoms with E-state index in [1.807, 2.05) is 32.9 Å². The van der Waals surface area contributed by atoms with Gasteiger partial charge in [-0.05, 0) is 70.4 Å². The predicted molar refractivity (Wildman–Crippen MR) is 212 cm³/mol. The first kappa shape index (κ1) is 38.3. The van der Waals surface area contributed by atoms with Crippen LogP contribution in [0.4, 0.5) is 11.9 Å². The Morgan fingerprint density at radius 1 is 0.772 bits per heavy atom. The zero-order valence-corrected chi connectivity index (χ0v) is 32.4. The van der Waals surface area contributed by atoms with Crippen LogP contribution in [0.1, 0.15) is 84.8 Å². The van der Waals surface area contributed by atoms with Crippen molar-refractivity contribution in [2.45, 2.75) is 72.6 Å². The van der Waals surface area contributed by atoms with Crippen LogP contribution >= 0.6 is 0 Å². The molecule has 57 heavy (non-hydrogen) atoms. The molecule has 296 valence electrons. The van der Waals surface area contributed by atoms with Crippen LogP contribution < -0.4 is 31.6 Å². The number of ether oxygens (including phenoxy) is 2. The second kappa shape index (κ2) is 15.6. The van der Waals surface area contributed by atoms with Crippen molar-refractivity contribution in [1.29, 1.82) is 0 Å². The number of anilines is 2. The number of amides is 4. The Bertz CT molecular complexity index is 2610. The maximum Gasteiger partial charge on any atom is 0.276 e. The van der Waals surface area contributed by atoms with Gasteiger partial charge in [0.15, 0.2) is 0 Å². The molecule has 0 unspecified atom stereocenters. The van der Waals surface area contributed by atoms with E-state index in [0.29, 0.717) is 70.2 Å². The van der Waals surface area contributed by atoms with E-state index in [1.54, 1.807) is 36.7 Å². The molecule has 4 aromatic heterocycles. The minimum absolute atomic E-state index is 0.187. The van der Waals surface area contributed by atoms with Gasteiger partial charge in [-0.3, -0.25) is 39.2 Å². The van der Waals surface area contributed by atoms with Crippen molar-refractivity contribution in [1.82, 2.24) is 38.7 Å². The summed E-state index contributed by atoms with van der Waals surface area (Å²) in [7, 11) is 2.94. The lowest BCUT2D eigenvalue weighted by molar-refractivity contribution is 0.0991. The summed E-state index contributed by atoms with van der Waals surface area (Å²) in [5.41, 5.74) is 16.6. The van der Waals surface area contributed by atoms with Crippen LogP contribution in [0.25, 0.3) is 22.1 Å². The molecule has 0 bridgehead atoms. The van der Waals surface area contributed by atoms with E-state index in [1.165, 1.54) is 26.4 Å². The summed E-state index contributed by atoms with van der Waals surface area (Å²) in [5.74, 6) is -1.03. The van der Waals surface area contributed by atoms with Crippen molar-refractivity contribution >= 4 is 57.6 Å². The number of carbonyl (C=O) groups is 4. The molecule has 0 radical (unpaired) electrons. The third-order valence-electron chi connectivity index (χ3n) is 10.0. The second-order valence-corrected chi connectivity index (χ2v) is 13.7. The molecule has 0 aliphatic carbocycles. The molecule has 4 amide bonds. The van der Waals surface area contributed by atoms with Crippen molar-refractivity contribution in [3.63, 3.8) is 0 Å². The van der Waals surface area contributed by atoms with E-state index in [2.05, 4.69) is 20.8 Å². The van der Waals surface area contributed by atoms with Gasteiger partial charge in [-0.25, -0.2) is 9.97 Å². The van der Waals surface area contributed by atoms with Gasteiger partial charge in [0.05, 0.1) is 36.6 Å². The van der Waals surface area contributed by atoms with Gasteiger partial charge in [0.2, 0.25) is 23.7 Å². The Morgan fingerprint density at radius 3 is 1.86 bits per heavy atom. The Labute approximate surface area is 326 Å². The molecule has 1 aliphatic rings. The summed E-state index contributed by atoms with van der Waals surface area (Å²) in [5, 5.41) is 15.3. The third-order valence-corrected chi connectivity index (χ3v) is 10.0. The topological polar surface area (TPSA) is 234 Å². The van der Waals surface area contributed by atoms with Gasteiger partial charge in [0, 0.05) is 42.9 Å². The number of primary amides is 2. The maximum absolute atomic E-state index is 14.3. The fourth-order valence-corrected chi connectivity index (χ4v) is 7.33. The molecule has 0 spiro atoms. The average molecular weight is 777 g/mol. The van der Waals surface area contributed by atoms with E-state index in [4.69, 9.17) is 30.9 Å². The molecule has 6 N–H and O–H groups in total. The van der Waals surface area contributed by atoms with E-state index in [-0.39, 0.29) is 42.0 Å². The highest BCUT2D eigenvalue weighted by molar-refractivity contribution is 6.06. The number of methoxy groups -OCH3 is 2. The Morgan fingerprint density at radius 2 is 1.33 bits per heavy atom. The number of aryl methyl sites for hydroxylation is 4. The Hall–Kier alpha value is -6.98. The van der Waals surface area contributed by atoms with Gasteiger partial charge in [0.1, 0.15) is 33.9 Å². The van der Waals surface area contributed by atoms with E-state index in [9.17, 15) is 19.2 Å². The van der Waals surface area contributed by atoms with Crippen molar-refractivity contribution in [2.24, 2.45) is 11.5 Å². The van der Waals surface area contributed by atoms with Gasteiger partial charge >= 0.3 is 0 Å². The number of hydrogen-bond donors (Lipinski definition) is 4. The smallest absolute Gasteiger partial charge is 0.276 e. The van der Waals surface area contributed by atoms with Crippen LogP contribution in [0.5, 0.6) is 11.5 Å². The summed E-state index contributed by atoms with van der Waals surface area (Å²) in [6, 6.07) is 7.89. The van der Waals surface area contributed by atoms with Gasteiger partial charge in [-0.15, -0.1) is 0 Å². The van der Waals surface area contributed by atoms with Crippen molar-refractivity contribution < 1.29 is 28.7 Å². The van der Waals surface area contributed by atoms with Crippen molar-refractivity contribution in [2.75, 3.05) is 24.9 Å². The number of benzene rings is 2. The number of aromatic nitrogens is 8. The van der Waals surface area contributed by atoms with E-state index >= 15 is 0 Å². The number of nitrogens with two attached hydrogens (primary N) is 2. The van der Waals surface area contributed by atoms with Gasteiger partial charge in [0.25, 0.3) is 11.8 Å². The number of allylic oxidation sites excluding steroid dienone is 2. The van der Waals surface area contributed by atoms with E-state index < -0.39 is 17.7 Å². The Kier molecular flexibility index (Phi) is 10.5. The number of imidazole rings is 2. The van der Waals surface area contributed by atoms with Crippen LogP contribution in [0, 0.1) is 13.8 Å². The zero-order chi connectivity index (χ0) is 40.5. The molecule has 6 aromatic rings. The number of rotatable bonds is 5. The van der Waals surface area contributed by atoms with Crippen LogP contribution in [-0.2, 0) is 32.6 Å². The highest BCUT2D eigenvalue weighted by Gasteiger charge is 2.26. The molecule has 18 heteroatoms. The molecule has 0 fully saturated rings. The van der Waals surface area contributed by atoms with Crippen LogP contribution in [0.2, 0.25) is 0 Å². The number of nitrogens with one attached hydrogen (secondary N) is 2. The lowest BCUT2D eigenvalue weighted by Gasteiger charge is -2.13. The minimum atomic E-state index is -0.659. The van der Waals surface area contributed by atoms with Crippen LogP contribution in [-0.4, -0.2) is 76.5 Å². The van der Waals surface area contributed by atoms with Crippen molar-refractivity contribution in [3.05, 3.63) is 81.9 Å². The Balaban J connectivity index is 1.37. The summed E-state index contributed by atoms with van der Waals surface area (Å²) in [4.78, 5) is 62.1. The second-order valence-electron chi connectivity index (χ2n) is 13.7. The minimum Gasteiger partial charge on any atom is -0.494 e. The number of carbonyl (C=O) groups excluding carboxylic acids is 4. The van der Waals surface area contributed by atoms with Crippen LogP contribution in [0.15, 0.2) is 42.5 Å². The molecule has 0 saturated carbocycles. The lowest BCUT2D eigenvalue weighted by atomic mass is 10.0. The fourth-order valence-electron chi connectivity index (χ4n) is 7.33. The van der Waals surface area contributed by atoms with Gasteiger partial charge in [-0.2, -0.15) is 10.2 Å². The number of fused-ring (bicyclic) bond motifs is 8. The lowest BCUT2D eigenvalue weighted by Crippen LogP contribution is -2.21. The quantitative estimate of drug-likeness (QED) is 0.183. The molecular formula is C39H44N12O6. The fraction of sp³-hybridized carbons (Fsp3) is 0.333. The SMILES string of the molecule is CCn1nc(C)c2c1C(=O)Nc1nc3cc(C(N)=O)cc(OC)c3n1C/C=C/Cn1c(nc3cc(C(N)=O)cc(OC)c31)NC(=O)c1cc(C)nn1CCCCC2. The first-order chi connectivity index (χ1) is 27.4. The predicted octanol–water partition coefficient (Wildman–Crippen LogP) is 4.12. The molecule has 2 aromatic carbocycles. The normalized spacial score (nSPS) is 14.8. The summed E-state index contributed by atoms with van der Waals surface area (Å²) in [6.07, 6.45) is 6.58.